The molecule has 4 nitrogen and oxygen atoms in total. The Morgan fingerprint density at radius 1 is 1.14 bits per heavy atom. The number of amides is 1. The van der Waals surface area contributed by atoms with Crippen molar-refractivity contribution in [1.29, 1.82) is 0 Å². The van der Waals surface area contributed by atoms with Gasteiger partial charge in [-0.05, 0) is 56.7 Å². The van der Waals surface area contributed by atoms with Gasteiger partial charge in [-0.15, -0.1) is 0 Å². The first kappa shape index (κ1) is 19.0. The summed E-state index contributed by atoms with van der Waals surface area (Å²) in [4.78, 5) is 13.0. The highest BCUT2D eigenvalue weighted by Gasteiger charge is 2.25. The summed E-state index contributed by atoms with van der Waals surface area (Å²) in [6.07, 6.45) is 4.48. The fourth-order valence-corrected chi connectivity index (χ4v) is 4.23. The smallest absolute Gasteiger partial charge is 0.244 e. The predicted molar refractivity (Wildman–Crippen MR) is 114 cm³/mol. The molecule has 1 aromatic heterocycles. The lowest BCUT2D eigenvalue weighted by Crippen LogP contribution is -2.40. The number of aromatic nitrogens is 2. The van der Waals surface area contributed by atoms with E-state index in [0.717, 1.165) is 40.9 Å². The minimum atomic E-state index is -0.388. The van der Waals surface area contributed by atoms with Gasteiger partial charge in [0.25, 0.3) is 0 Å². The Morgan fingerprint density at radius 3 is 2.57 bits per heavy atom. The number of carbonyl (C=O) groups is 1. The van der Waals surface area contributed by atoms with E-state index >= 15 is 0 Å². The first-order valence-electron chi connectivity index (χ1n) is 10.1. The van der Waals surface area contributed by atoms with Crippen LogP contribution in [0.2, 0.25) is 5.02 Å². The molecule has 1 atom stereocenters. The molecule has 1 aliphatic rings. The molecular formula is C23H26ClN3O. The number of nitrogens with one attached hydrogen (secondary N) is 1. The highest BCUT2D eigenvalue weighted by Crippen LogP contribution is 2.32. The van der Waals surface area contributed by atoms with Crippen molar-refractivity contribution in [1.82, 2.24) is 15.1 Å². The van der Waals surface area contributed by atoms with Gasteiger partial charge in [0.1, 0.15) is 11.7 Å². The SMILES string of the molecule is CC1CCC(NC(=O)[C@@H](C)n2nc(-c3ccccc3)c3cc(Cl)ccc32)CC1. The number of benzene rings is 2. The van der Waals surface area contributed by atoms with Crippen molar-refractivity contribution >= 4 is 28.4 Å². The lowest BCUT2D eigenvalue weighted by molar-refractivity contribution is -0.125. The lowest BCUT2D eigenvalue weighted by Gasteiger charge is -2.28. The van der Waals surface area contributed by atoms with E-state index in [1.165, 1.54) is 12.8 Å². The number of nitrogens with zero attached hydrogens (tertiary/aromatic N) is 2. The summed E-state index contributed by atoms with van der Waals surface area (Å²) >= 11 is 6.25. The van der Waals surface area contributed by atoms with Gasteiger partial charge < -0.3 is 5.32 Å². The minimum absolute atomic E-state index is 0.0264. The standard InChI is InChI=1S/C23H26ClN3O/c1-15-8-11-19(12-9-15)25-23(28)16(2)27-21-13-10-18(24)14-20(21)22(26-27)17-6-4-3-5-7-17/h3-7,10,13-16,19H,8-9,11-12H2,1-2H3,(H,25,28)/t15?,16-,19?/m1/s1. The van der Waals surface area contributed by atoms with Gasteiger partial charge in [-0.3, -0.25) is 9.48 Å². The minimum Gasteiger partial charge on any atom is -0.352 e. The second-order valence-electron chi connectivity index (χ2n) is 7.96. The number of hydrogen-bond acceptors (Lipinski definition) is 2. The molecule has 1 aliphatic carbocycles. The summed E-state index contributed by atoms with van der Waals surface area (Å²) in [5.74, 6) is 0.789. The van der Waals surface area contributed by atoms with Gasteiger partial charge in [0.05, 0.1) is 5.52 Å². The fraction of sp³-hybridized carbons (Fsp3) is 0.391. The van der Waals surface area contributed by atoms with Crippen molar-refractivity contribution in [3.05, 3.63) is 53.6 Å². The summed E-state index contributed by atoms with van der Waals surface area (Å²) in [7, 11) is 0. The van der Waals surface area contributed by atoms with Crippen LogP contribution >= 0.6 is 11.6 Å². The van der Waals surface area contributed by atoms with Gasteiger partial charge in [0, 0.05) is 22.0 Å². The van der Waals surface area contributed by atoms with Crippen LogP contribution in [0.25, 0.3) is 22.2 Å². The maximum atomic E-state index is 13.0. The summed E-state index contributed by atoms with van der Waals surface area (Å²) in [5.41, 5.74) is 2.79. The van der Waals surface area contributed by atoms with Gasteiger partial charge in [0.2, 0.25) is 5.91 Å². The van der Waals surface area contributed by atoms with Gasteiger partial charge in [0.15, 0.2) is 0 Å². The van der Waals surface area contributed by atoms with Crippen LogP contribution in [-0.2, 0) is 4.79 Å². The number of halogens is 1. The molecule has 0 saturated heterocycles. The number of rotatable bonds is 4. The van der Waals surface area contributed by atoms with E-state index in [9.17, 15) is 4.79 Å². The van der Waals surface area contributed by atoms with E-state index in [1.54, 1.807) is 0 Å². The topological polar surface area (TPSA) is 46.9 Å². The maximum absolute atomic E-state index is 13.0. The largest absolute Gasteiger partial charge is 0.352 e. The highest BCUT2D eigenvalue weighted by molar-refractivity contribution is 6.31. The molecule has 0 radical (unpaired) electrons. The van der Waals surface area contributed by atoms with Crippen LogP contribution in [0.5, 0.6) is 0 Å². The van der Waals surface area contributed by atoms with Crippen LogP contribution in [-0.4, -0.2) is 21.7 Å². The predicted octanol–water partition coefficient (Wildman–Crippen LogP) is 5.61. The Balaban J connectivity index is 1.65. The van der Waals surface area contributed by atoms with E-state index < -0.39 is 0 Å². The van der Waals surface area contributed by atoms with Crippen molar-refractivity contribution in [2.24, 2.45) is 5.92 Å². The van der Waals surface area contributed by atoms with Gasteiger partial charge in [-0.1, -0.05) is 48.9 Å². The van der Waals surface area contributed by atoms with Crippen LogP contribution in [0, 0.1) is 5.92 Å². The highest BCUT2D eigenvalue weighted by atomic mass is 35.5. The van der Waals surface area contributed by atoms with Crippen LogP contribution in [0.1, 0.15) is 45.6 Å². The van der Waals surface area contributed by atoms with Crippen molar-refractivity contribution in [3.8, 4) is 11.3 Å². The molecule has 1 amide bonds. The summed E-state index contributed by atoms with van der Waals surface area (Å²) in [5, 5.41) is 9.69. The third kappa shape index (κ3) is 3.79. The Morgan fingerprint density at radius 2 is 1.86 bits per heavy atom. The Kier molecular flexibility index (Phi) is 5.40. The van der Waals surface area contributed by atoms with Crippen molar-refractivity contribution in [2.45, 2.75) is 51.6 Å². The maximum Gasteiger partial charge on any atom is 0.244 e. The molecule has 0 aliphatic heterocycles. The van der Waals surface area contributed by atoms with Crippen LogP contribution in [0.3, 0.4) is 0 Å². The second-order valence-corrected chi connectivity index (χ2v) is 8.40. The third-order valence-corrected chi connectivity index (χ3v) is 6.06. The van der Waals surface area contributed by atoms with Crippen LogP contribution < -0.4 is 5.32 Å². The zero-order chi connectivity index (χ0) is 19.7. The lowest BCUT2D eigenvalue weighted by atomic mass is 9.87. The number of hydrogen-bond donors (Lipinski definition) is 1. The first-order chi connectivity index (χ1) is 13.5. The molecule has 146 valence electrons. The quantitative estimate of drug-likeness (QED) is 0.623. The van der Waals surface area contributed by atoms with Crippen molar-refractivity contribution in [2.75, 3.05) is 0 Å². The summed E-state index contributed by atoms with van der Waals surface area (Å²) in [6, 6.07) is 15.6. The number of fused-ring (bicyclic) bond motifs is 1. The fourth-order valence-electron chi connectivity index (χ4n) is 4.05. The molecule has 28 heavy (non-hydrogen) atoms. The Hall–Kier alpha value is -2.33. The zero-order valence-corrected chi connectivity index (χ0v) is 17.1. The van der Waals surface area contributed by atoms with Crippen LogP contribution in [0.15, 0.2) is 48.5 Å². The van der Waals surface area contributed by atoms with E-state index in [-0.39, 0.29) is 18.0 Å². The molecular weight excluding hydrogens is 370 g/mol. The average molecular weight is 396 g/mol. The zero-order valence-electron chi connectivity index (χ0n) is 16.4. The molecule has 3 aromatic rings. The molecule has 2 aromatic carbocycles. The second kappa shape index (κ2) is 7.96. The van der Waals surface area contributed by atoms with Gasteiger partial charge >= 0.3 is 0 Å². The molecule has 4 rings (SSSR count). The summed E-state index contributed by atoms with van der Waals surface area (Å²) < 4.78 is 1.83. The molecule has 1 fully saturated rings. The Bertz CT molecular complexity index is 974. The van der Waals surface area contributed by atoms with Gasteiger partial charge in [-0.2, -0.15) is 5.10 Å². The normalized spacial score (nSPS) is 20.8. The van der Waals surface area contributed by atoms with E-state index in [0.29, 0.717) is 5.02 Å². The van der Waals surface area contributed by atoms with E-state index in [2.05, 4.69) is 12.2 Å². The monoisotopic (exact) mass is 395 g/mol. The molecule has 1 saturated carbocycles. The van der Waals surface area contributed by atoms with E-state index in [1.807, 2.05) is 60.1 Å². The van der Waals surface area contributed by atoms with Crippen LogP contribution in [0.4, 0.5) is 0 Å². The van der Waals surface area contributed by atoms with E-state index in [4.69, 9.17) is 16.7 Å². The third-order valence-electron chi connectivity index (χ3n) is 5.82. The number of carbonyl (C=O) groups excluding carboxylic acids is 1. The van der Waals surface area contributed by atoms with Crippen molar-refractivity contribution in [3.63, 3.8) is 0 Å². The molecule has 1 heterocycles. The van der Waals surface area contributed by atoms with Crippen molar-refractivity contribution < 1.29 is 4.79 Å². The molecule has 1 N–H and O–H groups in total. The Labute approximate surface area is 170 Å². The summed E-state index contributed by atoms with van der Waals surface area (Å²) in [6.45, 7) is 4.20. The average Bonchev–Trinajstić information content (AvgIpc) is 3.08. The molecule has 0 unspecified atom stereocenters. The first-order valence-corrected chi connectivity index (χ1v) is 10.4. The molecule has 0 bridgehead atoms. The molecule has 0 spiro atoms. The molecule has 5 heteroatoms. The van der Waals surface area contributed by atoms with Gasteiger partial charge in [-0.25, -0.2) is 0 Å².